The predicted molar refractivity (Wildman–Crippen MR) is 101 cm³/mol. The molecule has 2 aromatic rings. The number of hydrogen-bond donors (Lipinski definition) is 1. The van der Waals surface area contributed by atoms with Crippen molar-refractivity contribution >= 4 is 22.0 Å². The average Bonchev–Trinajstić information content (AvgIpc) is 2.52. The molecule has 1 atom stereocenters. The number of nitrogens with zero attached hydrogens (tertiary/aromatic N) is 1. The van der Waals surface area contributed by atoms with E-state index in [2.05, 4.69) is 26.2 Å². The van der Waals surface area contributed by atoms with Crippen molar-refractivity contribution in [3.8, 4) is 5.88 Å². The second-order valence-corrected chi connectivity index (χ2v) is 7.57. The van der Waals surface area contributed by atoms with E-state index in [4.69, 9.17) is 9.47 Å². The fourth-order valence-corrected chi connectivity index (χ4v) is 2.72. The molecular weight excluding hydrogens is 384 g/mol. The van der Waals surface area contributed by atoms with Gasteiger partial charge < -0.3 is 14.8 Å². The van der Waals surface area contributed by atoms with Crippen LogP contribution < -0.4 is 10.1 Å². The molecule has 1 N–H and O–H groups in total. The molecule has 1 aromatic carbocycles. The van der Waals surface area contributed by atoms with Crippen molar-refractivity contribution in [2.24, 2.45) is 0 Å². The molecule has 134 valence electrons. The summed E-state index contributed by atoms with van der Waals surface area (Å²) in [5.41, 5.74) is 1.40. The molecule has 0 bridgehead atoms. The maximum absolute atomic E-state index is 12.2. The second-order valence-electron chi connectivity index (χ2n) is 6.72. The third-order valence-electron chi connectivity index (χ3n) is 3.22. The van der Waals surface area contributed by atoms with Crippen LogP contribution in [0.3, 0.4) is 0 Å². The van der Waals surface area contributed by atoms with Gasteiger partial charge in [-0.2, -0.15) is 0 Å². The van der Waals surface area contributed by atoms with E-state index in [0.29, 0.717) is 5.88 Å². The standard InChI is InChI=1S/C19H23BrN2O3/c1-13-10-15(20)17(21-11-13)24-12-16(14-8-6-5-7-9-14)22-18(23)25-19(2,3)4/h5-11,16H,12H2,1-4H3,(H,22,23)/t16-/m0/s1. The van der Waals surface area contributed by atoms with E-state index in [1.807, 2.05) is 64.1 Å². The molecule has 0 aliphatic rings. The van der Waals surface area contributed by atoms with Crippen LogP contribution in [0.25, 0.3) is 0 Å². The number of amides is 1. The van der Waals surface area contributed by atoms with Crippen LogP contribution in [-0.4, -0.2) is 23.3 Å². The molecular formula is C19H23BrN2O3. The van der Waals surface area contributed by atoms with Gasteiger partial charge in [0.2, 0.25) is 5.88 Å². The van der Waals surface area contributed by atoms with E-state index >= 15 is 0 Å². The number of benzene rings is 1. The van der Waals surface area contributed by atoms with Crippen LogP contribution in [0.2, 0.25) is 0 Å². The van der Waals surface area contributed by atoms with Gasteiger partial charge in [-0.15, -0.1) is 0 Å². The number of nitrogens with one attached hydrogen (secondary N) is 1. The highest BCUT2D eigenvalue weighted by atomic mass is 79.9. The van der Waals surface area contributed by atoms with Gasteiger partial charge in [0.15, 0.2) is 0 Å². The fraction of sp³-hybridized carbons (Fsp3) is 0.368. The van der Waals surface area contributed by atoms with Crippen LogP contribution in [0, 0.1) is 6.92 Å². The first-order chi connectivity index (χ1) is 11.7. The summed E-state index contributed by atoms with van der Waals surface area (Å²) < 4.78 is 11.9. The van der Waals surface area contributed by atoms with Gasteiger partial charge in [0, 0.05) is 6.20 Å². The molecule has 25 heavy (non-hydrogen) atoms. The second kappa shape index (κ2) is 8.34. The Labute approximate surface area is 156 Å². The fourth-order valence-electron chi connectivity index (χ4n) is 2.15. The largest absolute Gasteiger partial charge is 0.474 e. The van der Waals surface area contributed by atoms with Gasteiger partial charge in [-0.05, 0) is 60.8 Å². The number of pyridine rings is 1. The van der Waals surface area contributed by atoms with Crippen molar-refractivity contribution in [1.29, 1.82) is 0 Å². The van der Waals surface area contributed by atoms with Gasteiger partial charge in [0.05, 0.1) is 10.5 Å². The highest BCUT2D eigenvalue weighted by Gasteiger charge is 2.21. The molecule has 0 saturated heterocycles. The lowest BCUT2D eigenvalue weighted by molar-refractivity contribution is 0.0486. The molecule has 2 rings (SSSR count). The summed E-state index contributed by atoms with van der Waals surface area (Å²) in [4.78, 5) is 16.4. The molecule has 6 heteroatoms. The Morgan fingerprint density at radius 2 is 1.96 bits per heavy atom. The lowest BCUT2D eigenvalue weighted by atomic mass is 10.1. The molecule has 0 aliphatic carbocycles. The Bertz CT molecular complexity index is 714. The number of aryl methyl sites for hydroxylation is 1. The lowest BCUT2D eigenvalue weighted by Gasteiger charge is -2.24. The average molecular weight is 407 g/mol. The summed E-state index contributed by atoms with van der Waals surface area (Å²) in [7, 11) is 0. The topological polar surface area (TPSA) is 60.5 Å². The van der Waals surface area contributed by atoms with Crippen LogP contribution in [-0.2, 0) is 4.74 Å². The number of rotatable bonds is 5. The molecule has 5 nitrogen and oxygen atoms in total. The maximum Gasteiger partial charge on any atom is 0.408 e. The highest BCUT2D eigenvalue weighted by molar-refractivity contribution is 9.10. The van der Waals surface area contributed by atoms with Crippen LogP contribution in [0.1, 0.15) is 37.9 Å². The van der Waals surface area contributed by atoms with E-state index in [1.165, 1.54) is 0 Å². The van der Waals surface area contributed by atoms with Crippen molar-refractivity contribution in [2.45, 2.75) is 39.3 Å². The minimum atomic E-state index is -0.562. The van der Waals surface area contributed by atoms with Crippen LogP contribution in [0.4, 0.5) is 4.79 Å². The number of alkyl carbamates (subject to hydrolysis) is 1. The third kappa shape index (κ3) is 6.38. The number of ether oxygens (including phenoxy) is 2. The van der Waals surface area contributed by atoms with Crippen molar-refractivity contribution in [1.82, 2.24) is 10.3 Å². The monoisotopic (exact) mass is 406 g/mol. The molecule has 0 saturated carbocycles. The Kier molecular flexibility index (Phi) is 6.42. The van der Waals surface area contributed by atoms with E-state index < -0.39 is 11.7 Å². The zero-order valence-corrected chi connectivity index (χ0v) is 16.5. The summed E-state index contributed by atoms with van der Waals surface area (Å²) in [6.45, 7) is 7.67. The third-order valence-corrected chi connectivity index (χ3v) is 3.79. The molecule has 0 aliphatic heterocycles. The van der Waals surface area contributed by atoms with Gasteiger partial charge in [-0.1, -0.05) is 30.3 Å². The normalized spacial score (nSPS) is 12.4. The highest BCUT2D eigenvalue weighted by Crippen LogP contribution is 2.24. The molecule has 1 aromatic heterocycles. The van der Waals surface area contributed by atoms with E-state index in [1.54, 1.807) is 6.20 Å². The first kappa shape index (κ1) is 19.2. The van der Waals surface area contributed by atoms with Crippen LogP contribution in [0.15, 0.2) is 47.1 Å². The molecule has 0 spiro atoms. The van der Waals surface area contributed by atoms with Gasteiger partial charge >= 0.3 is 6.09 Å². The first-order valence-corrected chi connectivity index (χ1v) is 8.83. The Morgan fingerprint density at radius 1 is 1.28 bits per heavy atom. The number of carbonyl (C=O) groups excluding carboxylic acids is 1. The first-order valence-electron chi connectivity index (χ1n) is 8.04. The number of halogens is 1. The summed E-state index contributed by atoms with van der Waals surface area (Å²) >= 11 is 3.44. The van der Waals surface area contributed by atoms with Crippen LogP contribution in [0.5, 0.6) is 5.88 Å². The number of hydrogen-bond acceptors (Lipinski definition) is 4. The zero-order chi connectivity index (χ0) is 18.4. The lowest BCUT2D eigenvalue weighted by Crippen LogP contribution is -2.37. The van der Waals surface area contributed by atoms with Crippen molar-refractivity contribution in [3.63, 3.8) is 0 Å². The predicted octanol–water partition coefficient (Wildman–Crippen LogP) is 4.80. The maximum atomic E-state index is 12.2. The summed E-state index contributed by atoms with van der Waals surface area (Å²) in [6.07, 6.45) is 1.25. The van der Waals surface area contributed by atoms with Gasteiger partial charge in [0.25, 0.3) is 0 Å². The SMILES string of the molecule is Cc1cnc(OC[C@H](NC(=O)OC(C)(C)C)c2ccccc2)c(Br)c1. The van der Waals surface area contributed by atoms with Crippen molar-refractivity contribution < 1.29 is 14.3 Å². The van der Waals surface area contributed by atoms with Gasteiger partial charge in [-0.25, -0.2) is 9.78 Å². The van der Waals surface area contributed by atoms with Gasteiger partial charge in [0.1, 0.15) is 12.2 Å². The number of aromatic nitrogens is 1. The summed E-state index contributed by atoms with van der Waals surface area (Å²) in [5, 5.41) is 2.86. The van der Waals surface area contributed by atoms with Crippen LogP contribution >= 0.6 is 15.9 Å². The minimum Gasteiger partial charge on any atom is -0.474 e. The zero-order valence-electron chi connectivity index (χ0n) is 14.9. The van der Waals surface area contributed by atoms with E-state index in [0.717, 1.165) is 15.6 Å². The number of carbonyl (C=O) groups is 1. The molecule has 1 amide bonds. The van der Waals surface area contributed by atoms with E-state index in [9.17, 15) is 4.79 Å². The van der Waals surface area contributed by atoms with Gasteiger partial charge in [-0.3, -0.25) is 0 Å². The Morgan fingerprint density at radius 3 is 2.56 bits per heavy atom. The molecule has 1 heterocycles. The Hall–Kier alpha value is -2.08. The van der Waals surface area contributed by atoms with Crippen molar-refractivity contribution in [3.05, 3.63) is 58.2 Å². The smallest absolute Gasteiger partial charge is 0.408 e. The summed E-state index contributed by atoms with van der Waals surface area (Å²) in [6, 6.07) is 11.2. The quantitative estimate of drug-likeness (QED) is 0.774. The Balaban J connectivity index is 2.11. The summed E-state index contributed by atoms with van der Waals surface area (Å²) in [5.74, 6) is 0.484. The molecule has 0 unspecified atom stereocenters. The van der Waals surface area contributed by atoms with E-state index in [-0.39, 0.29) is 12.6 Å². The molecule has 0 radical (unpaired) electrons. The minimum absolute atomic E-state index is 0.234. The molecule has 0 fully saturated rings. The van der Waals surface area contributed by atoms with Crippen molar-refractivity contribution in [2.75, 3.05) is 6.61 Å².